The predicted octanol–water partition coefficient (Wildman–Crippen LogP) is 2.35. The molecule has 0 unspecified atom stereocenters. The first kappa shape index (κ1) is 12.5. The van der Waals surface area contributed by atoms with Crippen LogP contribution >= 0.6 is 0 Å². The van der Waals surface area contributed by atoms with Crippen LogP contribution in [-0.2, 0) is 11.3 Å². The molecule has 7 nitrogen and oxygen atoms in total. The largest absolute Gasteiger partial charge is 0.368 e. The number of hydrogen-bond donors (Lipinski definition) is 0. The highest BCUT2D eigenvalue weighted by atomic mass is 16.5. The van der Waals surface area contributed by atoms with Crippen molar-refractivity contribution in [1.82, 2.24) is 25.1 Å². The molecule has 1 aliphatic heterocycles. The van der Waals surface area contributed by atoms with Crippen molar-refractivity contribution in [2.75, 3.05) is 6.61 Å². The van der Waals surface area contributed by atoms with Gasteiger partial charge in [0.2, 0.25) is 5.82 Å². The lowest BCUT2D eigenvalue weighted by atomic mass is 10.2. The van der Waals surface area contributed by atoms with Gasteiger partial charge in [-0.2, -0.15) is 4.98 Å². The molecule has 1 aliphatic rings. The van der Waals surface area contributed by atoms with Crippen LogP contribution in [0.5, 0.6) is 0 Å². The van der Waals surface area contributed by atoms with Crippen LogP contribution in [0.1, 0.15) is 31.8 Å². The van der Waals surface area contributed by atoms with Gasteiger partial charge < -0.3 is 9.26 Å². The molecule has 0 bridgehead atoms. The van der Waals surface area contributed by atoms with E-state index >= 15 is 0 Å². The molecule has 0 spiro atoms. The van der Waals surface area contributed by atoms with E-state index in [4.69, 9.17) is 9.26 Å². The van der Waals surface area contributed by atoms with Gasteiger partial charge in [0.1, 0.15) is 11.6 Å². The van der Waals surface area contributed by atoms with Crippen LogP contribution in [0.25, 0.3) is 22.4 Å². The summed E-state index contributed by atoms with van der Waals surface area (Å²) in [4.78, 5) is 4.44. The Morgan fingerprint density at radius 1 is 1.38 bits per heavy atom. The molecule has 0 aliphatic carbocycles. The molecule has 0 amide bonds. The van der Waals surface area contributed by atoms with E-state index in [9.17, 15) is 0 Å². The monoisotopic (exact) mass is 285 g/mol. The van der Waals surface area contributed by atoms with Crippen molar-refractivity contribution in [1.29, 1.82) is 0 Å². The summed E-state index contributed by atoms with van der Waals surface area (Å²) in [5.74, 6) is 1.12. The zero-order valence-electron chi connectivity index (χ0n) is 11.7. The van der Waals surface area contributed by atoms with E-state index in [1.165, 1.54) is 0 Å². The summed E-state index contributed by atoms with van der Waals surface area (Å²) in [5.41, 5.74) is 2.71. The van der Waals surface area contributed by atoms with E-state index in [0.717, 1.165) is 42.6 Å². The summed E-state index contributed by atoms with van der Waals surface area (Å²) in [6, 6.07) is 5.87. The maximum Gasteiger partial charge on any atom is 0.256 e. The van der Waals surface area contributed by atoms with Gasteiger partial charge in [0, 0.05) is 18.7 Å². The number of aromatic nitrogens is 5. The lowest BCUT2D eigenvalue weighted by molar-refractivity contribution is 0.0835. The van der Waals surface area contributed by atoms with Gasteiger partial charge in [-0.25, -0.2) is 4.68 Å². The minimum absolute atomic E-state index is 0.0593. The van der Waals surface area contributed by atoms with Crippen molar-refractivity contribution in [3.63, 3.8) is 0 Å². The Labute approximate surface area is 120 Å². The first-order valence-electron chi connectivity index (χ1n) is 7.14. The number of nitrogens with zero attached hydrogens (tertiary/aromatic N) is 5. The second kappa shape index (κ2) is 4.92. The molecule has 1 atom stereocenters. The van der Waals surface area contributed by atoms with Crippen LogP contribution in [0.3, 0.4) is 0 Å². The molecule has 2 aromatic heterocycles. The lowest BCUT2D eigenvalue weighted by Gasteiger charge is -2.00. The average molecular weight is 285 g/mol. The second-order valence-electron chi connectivity index (χ2n) is 5.07. The molecule has 7 heteroatoms. The van der Waals surface area contributed by atoms with Crippen molar-refractivity contribution in [3.8, 4) is 11.4 Å². The second-order valence-corrected chi connectivity index (χ2v) is 5.07. The fourth-order valence-corrected chi connectivity index (χ4v) is 2.60. The highest BCUT2D eigenvalue weighted by Gasteiger charge is 2.24. The van der Waals surface area contributed by atoms with E-state index < -0.39 is 0 Å². The highest BCUT2D eigenvalue weighted by Crippen LogP contribution is 2.29. The Hall–Kier alpha value is -2.28. The molecule has 0 saturated carbocycles. The topological polar surface area (TPSA) is 78.9 Å². The van der Waals surface area contributed by atoms with Crippen molar-refractivity contribution in [3.05, 3.63) is 24.1 Å². The van der Waals surface area contributed by atoms with Gasteiger partial charge in [-0.3, -0.25) is 0 Å². The molecule has 1 saturated heterocycles. The van der Waals surface area contributed by atoms with E-state index in [1.807, 2.05) is 29.8 Å². The third kappa shape index (κ3) is 2.09. The van der Waals surface area contributed by atoms with E-state index in [2.05, 4.69) is 20.5 Å². The summed E-state index contributed by atoms with van der Waals surface area (Å²) in [6.45, 7) is 3.59. The van der Waals surface area contributed by atoms with Crippen LogP contribution in [0, 0.1) is 0 Å². The number of hydrogen-bond acceptors (Lipinski definition) is 6. The fraction of sp³-hybridized carbons (Fsp3) is 0.429. The van der Waals surface area contributed by atoms with E-state index in [1.54, 1.807) is 0 Å². The van der Waals surface area contributed by atoms with Crippen LogP contribution in [0.4, 0.5) is 0 Å². The first-order chi connectivity index (χ1) is 10.3. The maximum atomic E-state index is 5.55. The molecule has 4 rings (SSSR count). The van der Waals surface area contributed by atoms with Crippen molar-refractivity contribution < 1.29 is 9.26 Å². The normalized spacial score (nSPS) is 18.6. The summed E-state index contributed by atoms with van der Waals surface area (Å²) in [5, 5.41) is 12.3. The van der Waals surface area contributed by atoms with Gasteiger partial charge in [-0.15, -0.1) is 5.10 Å². The summed E-state index contributed by atoms with van der Waals surface area (Å²) < 4.78 is 12.7. The fourth-order valence-electron chi connectivity index (χ4n) is 2.60. The Morgan fingerprint density at radius 2 is 2.33 bits per heavy atom. The molecule has 1 fully saturated rings. The minimum atomic E-state index is -0.0593. The van der Waals surface area contributed by atoms with Crippen LogP contribution in [-0.4, -0.2) is 31.7 Å². The van der Waals surface area contributed by atoms with Gasteiger partial charge in [0.05, 0.1) is 5.52 Å². The summed E-state index contributed by atoms with van der Waals surface area (Å²) in [7, 11) is 0. The molecule has 21 heavy (non-hydrogen) atoms. The zero-order chi connectivity index (χ0) is 14.2. The highest BCUT2D eigenvalue weighted by molar-refractivity contribution is 5.79. The molecule has 1 aromatic carbocycles. The molecule has 0 N–H and O–H groups in total. The Morgan fingerprint density at radius 3 is 3.14 bits per heavy atom. The Balaban J connectivity index is 1.69. The first-order valence-corrected chi connectivity index (χ1v) is 7.14. The third-order valence-corrected chi connectivity index (χ3v) is 3.72. The molecule has 3 aromatic rings. The molecule has 108 valence electrons. The number of rotatable bonds is 3. The average Bonchev–Trinajstić information content (AvgIpc) is 3.25. The standard InChI is InChI=1S/C14H15N5O2/c1-2-19-11-6-5-9(8-10(11)16-18-19)13-15-14(21-17-13)12-4-3-7-20-12/h5-6,8,12H,2-4,7H2,1H3/t12-/m1/s1. The van der Waals surface area contributed by atoms with Crippen molar-refractivity contribution in [2.45, 2.75) is 32.4 Å². The molecular formula is C14H15N5O2. The van der Waals surface area contributed by atoms with E-state index in [0.29, 0.717) is 11.7 Å². The van der Waals surface area contributed by atoms with Crippen LogP contribution in [0.15, 0.2) is 22.7 Å². The Bertz CT molecular complexity index is 773. The molecule has 0 radical (unpaired) electrons. The third-order valence-electron chi connectivity index (χ3n) is 3.72. The van der Waals surface area contributed by atoms with Gasteiger partial charge in [-0.1, -0.05) is 10.4 Å². The van der Waals surface area contributed by atoms with Gasteiger partial charge in [0.25, 0.3) is 5.89 Å². The summed E-state index contributed by atoms with van der Waals surface area (Å²) in [6.07, 6.45) is 1.91. The number of ether oxygens (including phenoxy) is 1. The number of fused-ring (bicyclic) bond motifs is 1. The van der Waals surface area contributed by atoms with Crippen LogP contribution in [0.2, 0.25) is 0 Å². The molecule has 3 heterocycles. The maximum absolute atomic E-state index is 5.55. The lowest BCUT2D eigenvalue weighted by Crippen LogP contribution is -1.96. The SMILES string of the molecule is CCn1nnc2cc(-c3noc([C@H]4CCCO4)n3)ccc21. The van der Waals surface area contributed by atoms with Gasteiger partial charge in [-0.05, 0) is 38.0 Å². The number of benzene rings is 1. The zero-order valence-corrected chi connectivity index (χ0v) is 11.7. The van der Waals surface area contributed by atoms with Gasteiger partial charge >= 0.3 is 0 Å². The minimum Gasteiger partial charge on any atom is -0.368 e. The van der Waals surface area contributed by atoms with E-state index in [-0.39, 0.29) is 6.10 Å². The van der Waals surface area contributed by atoms with Crippen molar-refractivity contribution >= 4 is 11.0 Å². The smallest absolute Gasteiger partial charge is 0.256 e. The summed E-state index contributed by atoms with van der Waals surface area (Å²) >= 11 is 0. The molecular weight excluding hydrogens is 270 g/mol. The van der Waals surface area contributed by atoms with Gasteiger partial charge in [0.15, 0.2) is 0 Å². The number of aryl methyl sites for hydroxylation is 1. The quantitative estimate of drug-likeness (QED) is 0.735. The Kier molecular flexibility index (Phi) is 2.92. The van der Waals surface area contributed by atoms with Crippen LogP contribution < -0.4 is 0 Å². The predicted molar refractivity (Wildman–Crippen MR) is 74.4 cm³/mol. The van der Waals surface area contributed by atoms with Crippen molar-refractivity contribution in [2.24, 2.45) is 0 Å².